The molecule has 1 aromatic rings. The highest BCUT2D eigenvalue weighted by Crippen LogP contribution is 2.55. The van der Waals surface area contributed by atoms with Gasteiger partial charge in [-0.05, 0) is 52.4 Å². The number of hydrogen-bond donors (Lipinski definition) is 1. The standard InChI is InChI=1S/C21H27NO4/c1-20(2,3)19(24)25-15-6-5-13-12-22(4)10-9-21-8-7-14(23)11-16(21)26-18(15)17(13)21/h5-8,14,16,23H,9-12H2,1-4H3/t14-,16-,21-/m0/s1. The van der Waals surface area contributed by atoms with Crippen LogP contribution in [0.5, 0.6) is 11.5 Å². The molecule has 0 radical (unpaired) electrons. The number of hydrogen-bond acceptors (Lipinski definition) is 5. The fourth-order valence-corrected chi connectivity index (χ4v) is 4.25. The van der Waals surface area contributed by atoms with Gasteiger partial charge in [-0.3, -0.25) is 4.79 Å². The van der Waals surface area contributed by atoms with Crippen LogP contribution in [-0.2, 0) is 16.8 Å². The smallest absolute Gasteiger partial charge is 0.316 e. The summed E-state index contributed by atoms with van der Waals surface area (Å²) in [6.45, 7) is 7.31. The van der Waals surface area contributed by atoms with Crippen LogP contribution in [0.25, 0.3) is 0 Å². The molecule has 4 rings (SSSR count). The molecule has 1 N–H and O–H groups in total. The minimum absolute atomic E-state index is 0.128. The molecule has 0 unspecified atom stereocenters. The van der Waals surface area contributed by atoms with E-state index in [4.69, 9.17) is 9.47 Å². The first-order valence-corrected chi connectivity index (χ1v) is 9.32. The van der Waals surface area contributed by atoms with Crippen LogP contribution in [0.2, 0.25) is 0 Å². The molecular weight excluding hydrogens is 330 g/mol. The van der Waals surface area contributed by atoms with E-state index in [1.165, 1.54) is 5.56 Å². The van der Waals surface area contributed by atoms with Gasteiger partial charge < -0.3 is 19.5 Å². The van der Waals surface area contributed by atoms with Gasteiger partial charge in [0, 0.05) is 18.5 Å². The van der Waals surface area contributed by atoms with Crippen LogP contribution in [-0.4, -0.2) is 41.8 Å². The summed E-state index contributed by atoms with van der Waals surface area (Å²) in [6.07, 6.45) is 4.87. The van der Waals surface area contributed by atoms with E-state index < -0.39 is 11.5 Å². The van der Waals surface area contributed by atoms with E-state index in [0.717, 1.165) is 25.1 Å². The van der Waals surface area contributed by atoms with Crippen molar-refractivity contribution in [2.24, 2.45) is 5.41 Å². The van der Waals surface area contributed by atoms with Crippen molar-refractivity contribution in [2.75, 3.05) is 13.6 Å². The lowest BCUT2D eigenvalue weighted by atomic mass is 9.69. The van der Waals surface area contributed by atoms with Crippen molar-refractivity contribution >= 4 is 5.97 Å². The lowest BCUT2D eigenvalue weighted by molar-refractivity contribution is -0.143. The maximum absolute atomic E-state index is 12.4. The predicted octanol–water partition coefficient (Wildman–Crippen LogP) is 2.79. The zero-order valence-electron chi connectivity index (χ0n) is 15.9. The Morgan fingerprint density at radius 3 is 2.88 bits per heavy atom. The molecule has 0 aromatic heterocycles. The number of aliphatic hydroxyl groups is 1. The summed E-state index contributed by atoms with van der Waals surface area (Å²) in [5.41, 5.74) is 1.51. The van der Waals surface area contributed by atoms with E-state index in [-0.39, 0.29) is 17.5 Å². The van der Waals surface area contributed by atoms with Crippen molar-refractivity contribution < 1.29 is 19.4 Å². The minimum atomic E-state index is -0.584. The quantitative estimate of drug-likeness (QED) is 0.476. The molecule has 5 heteroatoms. The first kappa shape index (κ1) is 17.6. The number of ether oxygens (including phenoxy) is 2. The minimum Gasteiger partial charge on any atom is -0.485 e. The van der Waals surface area contributed by atoms with Crippen LogP contribution in [0.3, 0.4) is 0 Å². The number of rotatable bonds is 1. The van der Waals surface area contributed by atoms with Crippen LogP contribution in [0.1, 0.15) is 44.7 Å². The maximum Gasteiger partial charge on any atom is 0.316 e. The molecule has 0 fully saturated rings. The van der Waals surface area contributed by atoms with E-state index >= 15 is 0 Å². The summed E-state index contributed by atoms with van der Waals surface area (Å²) in [4.78, 5) is 14.7. The Morgan fingerprint density at radius 2 is 2.15 bits per heavy atom. The molecule has 3 atom stereocenters. The Kier molecular flexibility index (Phi) is 3.93. The number of esters is 1. The molecule has 1 aromatic carbocycles. The number of nitrogens with zero attached hydrogens (tertiary/aromatic N) is 1. The Hall–Kier alpha value is -1.85. The molecule has 26 heavy (non-hydrogen) atoms. The van der Waals surface area contributed by atoms with Crippen molar-refractivity contribution in [2.45, 2.75) is 57.8 Å². The zero-order valence-corrected chi connectivity index (χ0v) is 15.9. The molecular formula is C21H27NO4. The first-order chi connectivity index (χ1) is 12.2. The third-order valence-electron chi connectivity index (χ3n) is 5.74. The summed E-state index contributed by atoms with van der Waals surface area (Å²) in [6, 6.07) is 3.90. The Balaban J connectivity index is 1.83. The summed E-state index contributed by atoms with van der Waals surface area (Å²) >= 11 is 0. The second kappa shape index (κ2) is 5.83. The van der Waals surface area contributed by atoms with Gasteiger partial charge in [-0.2, -0.15) is 0 Å². The Bertz CT molecular complexity index is 779. The van der Waals surface area contributed by atoms with Crippen molar-refractivity contribution in [3.05, 3.63) is 35.4 Å². The lowest BCUT2D eigenvalue weighted by Crippen LogP contribution is -2.42. The van der Waals surface area contributed by atoms with Crippen LogP contribution >= 0.6 is 0 Å². The first-order valence-electron chi connectivity index (χ1n) is 9.32. The molecule has 0 saturated carbocycles. The summed E-state index contributed by atoms with van der Waals surface area (Å²) in [7, 11) is 2.12. The van der Waals surface area contributed by atoms with E-state index in [1.807, 2.05) is 32.9 Å². The molecule has 0 saturated heterocycles. The van der Waals surface area contributed by atoms with Crippen molar-refractivity contribution in [3.63, 3.8) is 0 Å². The number of carbonyl (C=O) groups is 1. The van der Waals surface area contributed by atoms with Gasteiger partial charge in [0.25, 0.3) is 0 Å². The monoisotopic (exact) mass is 357 g/mol. The molecule has 2 heterocycles. The van der Waals surface area contributed by atoms with Crippen LogP contribution < -0.4 is 9.47 Å². The van der Waals surface area contributed by atoms with Gasteiger partial charge in [-0.1, -0.05) is 18.2 Å². The maximum atomic E-state index is 12.4. The van der Waals surface area contributed by atoms with Gasteiger partial charge in [0.05, 0.1) is 16.9 Å². The summed E-state index contributed by atoms with van der Waals surface area (Å²) in [5, 5.41) is 10.1. The Morgan fingerprint density at radius 1 is 1.38 bits per heavy atom. The largest absolute Gasteiger partial charge is 0.485 e. The molecule has 1 spiro atoms. The average Bonchev–Trinajstić information content (AvgIpc) is 2.81. The average molecular weight is 357 g/mol. The molecule has 5 nitrogen and oxygen atoms in total. The highest BCUT2D eigenvalue weighted by Gasteiger charge is 2.52. The highest BCUT2D eigenvalue weighted by molar-refractivity contribution is 5.79. The molecule has 0 amide bonds. The normalized spacial score (nSPS) is 30.2. The number of aliphatic hydroxyl groups excluding tert-OH is 1. The summed E-state index contributed by atoms with van der Waals surface area (Å²) < 4.78 is 12.1. The molecule has 2 aliphatic heterocycles. The number of benzene rings is 1. The van der Waals surface area contributed by atoms with Gasteiger partial charge >= 0.3 is 5.97 Å². The number of carbonyl (C=O) groups excluding carboxylic acids is 1. The van der Waals surface area contributed by atoms with Crippen molar-refractivity contribution in [3.8, 4) is 11.5 Å². The summed E-state index contributed by atoms with van der Waals surface area (Å²) in [5.74, 6) is 0.895. The second-order valence-corrected chi connectivity index (χ2v) is 8.86. The topological polar surface area (TPSA) is 59.0 Å². The third-order valence-corrected chi connectivity index (χ3v) is 5.74. The van der Waals surface area contributed by atoms with Gasteiger partial charge in [-0.25, -0.2) is 0 Å². The van der Waals surface area contributed by atoms with Gasteiger partial charge in [-0.15, -0.1) is 0 Å². The predicted molar refractivity (Wildman–Crippen MR) is 98.3 cm³/mol. The van der Waals surface area contributed by atoms with E-state index in [9.17, 15) is 9.90 Å². The highest BCUT2D eigenvalue weighted by atomic mass is 16.6. The fourth-order valence-electron chi connectivity index (χ4n) is 4.25. The van der Waals surface area contributed by atoms with E-state index in [0.29, 0.717) is 17.9 Å². The van der Waals surface area contributed by atoms with E-state index in [1.54, 1.807) is 0 Å². The van der Waals surface area contributed by atoms with Gasteiger partial charge in [0.1, 0.15) is 6.10 Å². The van der Waals surface area contributed by atoms with Gasteiger partial charge in [0.2, 0.25) is 0 Å². The molecule has 140 valence electrons. The van der Waals surface area contributed by atoms with Crippen LogP contribution in [0.4, 0.5) is 0 Å². The molecule has 1 aliphatic carbocycles. The van der Waals surface area contributed by atoms with Crippen LogP contribution in [0, 0.1) is 5.41 Å². The van der Waals surface area contributed by atoms with E-state index in [2.05, 4.69) is 24.1 Å². The van der Waals surface area contributed by atoms with Crippen molar-refractivity contribution in [1.82, 2.24) is 4.90 Å². The van der Waals surface area contributed by atoms with Gasteiger partial charge in [0.15, 0.2) is 11.5 Å². The molecule has 3 aliphatic rings. The fraction of sp³-hybridized carbons (Fsp3) is 0.571. The zero-order chi connectivity index (χ0) is 18.7. The Labute approximate surface area is 154 Å². The van der Waals surface area contributed by atoms with Crippen LogP contribution in [0.15, 0.2) is 24.3 Å². The second-order valence-electron chi connectivity index (χ2n) is 8.86. The SMILES string of the molecule is CN1CC[C@@]23C=C[C@H](O)C[C@@H]2Oc2c(OC(=O)C(C)(C)C)ccc(c23)C1. The lowest BCUT2D eigenvalue weighted by Gasteiger charge is -2.35. The molecule has 0 bridgehead atoms. The third kappa shape index (κ3) is 2.65. The van der Waals surface area contributed by atoms with Crippen molar-refractivity contribution in [1.29, 1.82) is 0 Å².